The lowest BCUT2D eigenvalue weighted by Crippen LogP contribution is -2.31. The lowest BCUT2D eigenvalue weighted by atomic mass is 9.78. The van der Waals surface area contributed by atoms with Crippen LogP contribution < -0.4 is 4.90 Å². The van der Waals surface area contributed by atoms with Crippen LogP contribution in [0.5, 0.6) is 0 Å². The molecule has 6 heteroatoms. The van der Waals surface area contributed by atoms with E-state index in [0.717, 1.165) is 11.1 Å². The Morgan fingerprint density at radius 2 is 1.66 bits per heavy atom. The Kier molecular flexibility index (Phi) is 5.78. The lowest BCUT2D eigenvalue weighted by molar-refractivity contribution is -0.122. The minimum absolute atomic E-state index is 0.0132. The number of imide groups is 1. The monoisotopic (exact) mass is 431 g/mol. The summed E-state index contributed by atoms with van der Waals surface area (Å²) in [5.41, 5.74) is 3.25. The van der Waals surface area contributed by atoms with E-state index in [1.165, 1.54) is 17.0 Å². The van der Waals surface area contributed by atoms with Gasteiger partial charge in [-0.15, -0.1) is 0 Å². The summed E-state index contributed by atoms with van der Waals surface area (Å²) < 4.78 is 5.17. The second-order valence-electron chi connectivity index (χ2n) is 8.51. The zero-order chi connectivity index (χ0) is 23.0. The molecule has 1 aliphatic carbocycles. The molecule has 2 aromatic carbocycles. The van der Waals surface area contributed by atoms with Crippen molar-refractivity contribution < 1.29 is 23.9 Å². The predicted molar refractivity (Wildman–Crippen MR) is 119 cm³/mol. The highest BCUT2D eigenvalue weighted by Gasteiger charge is 2.50. The van der Waals surface area contributed by atoms with Crippen LogP contribution in [0, 0.1) is 31.6 Å². The first-order valence-electron chi connectivity index (χ1n) is 10.7. The molecule has 1 heterocycles. The zero-order valence-corrected chi connectivity index (χ0v) is 18.3. The van der Waals surface area contributed by atoms with E-state index >= 15 is 0 Å². The highest BCUT2D eigenvalue weighted by molar-refractivity contribution is 6.22. The number of fused-ring (bicyclic) bond motifs is 1. The normalized spacial score (nSPS) is 22.1. The SMILES string of the molecule is Cc1ccc(C(=O)COC(=O)c2ccc(N3C(=O)[C@@H]4[C@H](CC=C[C@@H]4C)C3=O)cc2)cc1C. The molecule has 1 fully saturated rings. The molecule has 32 heavy (non-hydrogen) atoms. The summed E-state index contributed by atoms with van der Waals surface area (Å²) in [5, 5.41) is 0. The third-order valence-electron chi connectivity index (χ3n) is 6.40. The van der Waals surface area contributed by atoms with E-state index in [4.69, 9.17) is 4.74 Å². The quantitative estimate of drug-likeness (QED) is 0.309. The maximum absolute atomic E-state index is 12.9. The molecule has 1 saturated heterocycles. The zero-order valence-electron chi connectivity index (χ0n) is 18.3. The number of Topliss-reactive ketones (excluding diaryl/α,β-unsaturated/α-hetero) is 1. The van der Waals surface area contributed by atoms with Crippen molar-refractivity contribution in [3.63, 3.8) is 0 Å². The molecule has 0 radical (unpaired) electrons. The molecule has 0 spiro atoms. The van der Waals surface area contributed by atoms with Crippen LogP contribution in [0.4, 0.5) is 5.69 Å². The van der Waals surface area contributed by atoms with Crippen LogP contribution in [-0.4, -0.2) is 30.2 Å². The minimum atomic E-state index is -0.640. The Labute approximate surface area is 186 Å². The van der Waals surface area contributed by atoms with Gasteiger partial charge in [0.25, 0.3) is 0 Å². The van der Waals surface area contributed by atoms with Crippen LogP contribution in [0.3, 0.4) is 0 Å². The van der Waals surface area contributed by atoms with Crippen molar-refractivity contribution in [1.82, 2.24) is 0 Å². The van der Waals surface area contributed by atoms with Crippen molar-refractivity contribution in [1.29, 1.82) is 0 Å². The summed E-state index contributed by atoms with van der Waals surface area (Å²) >= 11 is 0. The number of ether oxygens (including phenoxy) is 1. The number of rotatable bonds is 5. The molecule has 2 aliphatic rings. The molecule has 2 aromatic rings. The molecule has 0 bridgehead atoms. The van der Waals surface area contributed by atoms with Gasteiger partial charge in [-0.3, -0.25) is 19.3 Å². The van der Waals surface area contributed by atoms with E-state index in [9.17, 15) is 19.2 Å². The standard InChI is InChI=1S/C26H25NO5/c1-15-7-8-19(13-17(15)3)22(28)14-32-26(31)18-9-11-20(12-10-18)27-24(29)21-6-4-5-16(2)23(21)25(27)30/h4-5,7-13,16,21,23H,6,14H2,1-3H3/t16-,21-,23-/m0/s1. The number of benzene rings is 2. The Morgan fingerprint density at radius 3 is 2.31 bits per heavy atom. The van der Waals surface area contributed by atoms with Crippen molar-refractivity contribution >= 4 is 29.3 Å². The number of anilines is 1. The first-order chi connectivity index (χ1) is 15.3. The van der Waals surface area contributed by atoms with Gasteiger partial charge in [-0.25, -0.2) is 4.79 Å². The average molecular weight is 431 g/mol. The Hall–Kier alpha value is -3.54. The molecule has 2 amide bonds. The molecule has 0 aromatic heterocycles. The smallest absolute Gasteiger partial charge is 0.338 e. The van der Waals surface area contributed by atoms with E-state index in [2.05, 4.69) is 0 Å². The van der Waals surface area contributed by atoms with Gasteiger partial charge in [-0.1, -0.05) is 31.2 Å². The van der Waals surface area contributed by atoms with Gasteiger partial charge in [0.05, 0.1) is 23.1 Å². The predicted octanol–water partition coefficient (Wildman–Crippen LogP) is 4.04. The Bertz CT molecular complexity index is 1130. The fourth-order valence-electron chi connectivity index (χ4n) is 4.36. The summed E-state index contributed by atoms with van der Waals surface area (Å²) in [6, 6.07) is 11.5. The fourth-order valence-corrected chi connectivity index (χ4v) is 4.36. The van der Waals surface area contributed by atoms with Gasteiger partial charge in [0, 0.05) is 5.56 Å². The van der Waals surface area contributed by atoms with Crippen LogP contribution >= 0.6 is 0 Å². The summed E-state index contributed by atoms with van der Waals surface area (Å²) in [4.78, 5) is 51.6. The van der Waals surface area contributed by atoms with Crippen LogP contribution in [0.15, 0.2) is 54.6 Å². The van der Waals surface area contributed by atoms with E-state index in [1.54, 1.807) is 24.3 Å². The summed E-state index contributed by atoms with van der Waals surface area (Å²) in [6.45, 7) is 5.46. The van der Waals surface area contributed by atoms with Gasteiger partial charge in [-0.05, 0) is 67.6 Å². The second-order valence-corrected chi connectivity index (χ2v) is 8.51. The van der Waals surface area contributed by atoms with E-state index in [1.807, 2.05) is 39.0 Å². The minimum Gasteiger partial charge on any atom is -0.454 e. The van der Waals surface area contributed by atoms with Crippen LogP contribution in [0.2, 0.25) is 0 Å². The van der Waals surface area contributed by atoms with Gasteiger partial charge in [0.1, 0.15) is 0 Å². The molecule has 4 rings (SSSR count). The number of hydrogen-bond donors (Lipinski definition) is 0. The third-order valence-corrected chi connectivity index (χ3v) is 6.40. The second kappa shape index (κ2) is 8.54. The van der Waals surface area contributed by atoms with Crippen molar-refractivity contribution in [2.24, 2.45) is 17.8 Å². The largest absolute Gasteiger partial charge is 0.454 e. The number of ketones is 1. The topological polar surface area (TPSA) is 80.8 Å². The first-order valence-corrected chi connectivity index (χ1v) is 10.7. The third kappa shape index (κ3) is 3.88. The maximum Gasteiger partial charge on any atom is 0.338 e. The van der Waals surface area contributed by atoms with Crippen molar-refractivity contribution in [3.8, 4) is 0 Å². The average Bonchev–Trinajstić information content (AvgIpc) is 3.05. The summed E-state index contributed by atoms with van der Waals surface area (Å²) in [5.74, 6) is -1.98. The van der Waals surface area contributed by atoms with Gasteiger partial charge < -0.3 is 4.74 Å². The van der Waals surface area contributed by atoms with E-state index < -0.39 is 5.97 Å². The molecule has 6 nitrogen and oxygen atoms in total. The van der Waals surface area contributed by atoms with Crippen molar-refractivity contribution in [2.45, 2.75) is 27.2 Å². The number of nitrogens with zero attached hydrogens (tertiary/aromatic N) is 1. The molecule has 164 valence electrons. The highest BCUT2D eigenvalue weighted by Crippen LogP contribution is 2.40. The number of allylic oxidation sites excluding steroid dienone is 2. The Morgan fingerprint density at radius 1 is 0.969 bits per heavy atom. The van der Waals surface area contributed by atoms with Gasteiger partial charge >= 0.3 is 5.97 Å². The molecular formula is C26H25NO5. The van der Waals surface area contributed by atoms with Crippen molar-refractivity contribution in [2.75, 3.05) is 11.5 Å². The molecule has 3 atom stereocenters. The van der Waals surface area contributed by atoms with Gasteiger partial charge in [0.2, 0.25) is 11.8 Å². The number of esters is 1. The summed E-state index contributed by atoms with van der Waals surface area (Å²) in [7, 11) is 0. The molecular weight excluding hydrogens is 406 g/mol. The molecule has 1 aliphatic heterocycles. The highest BCUT2D eigenvalue weighted by atomic mass is 16.5. The fraction of sp³-hybridized carbons (Fsp3) is 0.308. The number of amides is 2. The van der Waals surface area contributed by atoms with E-state index in [0.29, 0.717) is 17.7 Å². The first kappa shape index (κ1) is 21.7. The number of carbonyl (C=O) groups is 4. The Balaban J connectivity index is 1.42. The van der Waals surface area contributed by atoms with E-state index in [-0.39, 0.29) is 47.5 Å². The van der Waals surface area contributed by atoms with Crippen molar-refractivity contribution in [3.05, 3.63) is 76.9 Å². The van der Waals surface area contributed by atoms with Crippen LogP contribution in [-0.2, 0) is 14.3 Å². The van der Waals surface area contributed by atoms with Gasteiger partial charge in [0.15, 0.2) is 12.4 Å². The number of hydrogen-bond acceptors (Lipinski definition) is 5. The van der Waals surface area contributed by atoms with Crippen LogP contribution in [0.1, 0.15) is 45.2 Å². The van der Waals surface area contributed by atoms with Crippen LogP contribution in [0.25, 0.3) is 0 Å². The van der Waals surface area contributed by atoms with Gasteiger partial charge in [-0.2, -0.15) is 0 Å². The maximum atomic E-state index is 12.9. The molecule has 0 N–H and O–H groups in total. The molecule has 0 saturated carbocycles. The summed E-state index contributed by atoms with van der Waals surface area (Å²) in [6.07, 6.45) is 4.50. The lowest BCUT2D eigenvalue weighted by Gasteiger charge is -2.22. The number of carbonyl (C=O) groups excluding carboxylic acids is 4. The molecule has 0 unspecified atom stereocenters. The number of aryl methyl sites for hydroxylation is 2.